The number of aromatic nitrogens is 1. The first-order valence-electron chi connectivity index (χ1n) is 11.4. The van der Waals surface area contributed by atoms with Crippen molar-refractivity contribution in [3.63, 3.8) is 0 Å². The van der Waals surface area contributed by atoms with Crippen LogP contribution in [0, 0.1) is 6.92 Å². The molecule has 35 heavy (non-hydrogen) atoms. The first-order chi connectivity index (χ1) is 16.7. The molecule has 1 atom stereocenters. The fraction of sp³-hybridized carbons (Fsp3) is 0.250. The van der Waals surface area contributed by atoms with E-state index in [0.29, 0.717) is 22.4 Å². The minimum absolute atomic E-state index is 0.000258. The fourth-order valence-corrected chi connectivity index (χ4v) is 4.50. The predicted molar refractivity (Wildman–Crippen MR) is 132 cm³/mol. The van der Waals surface area contributed by atoms with Crippen molar-refractivity contribution in [2.75, 3.05) is 7.11 Å². The molecule has 7 nitrogen and oxygen atoms in total. The number of phenols is 1. The lowest BCUT2D eigenvalue weighted by atomic mass is 9.91. The van der Waals surface area contributed by atoms with Crippen molar-refractivity contribution in [3.05, 3.63) is 94.3 Å². The summed E-state index contributed by atoms with van der Waals surface area (Å²) >= 11 is 0. The van der Waals surface area contributed by atoms with Crippen LogP contribution in [-0.2, 0) is 16.1 Å². The maximum absolute atomic E-state index is 13.3. The molecule has 1 unspecified atom stereocenters. The first kappa shape index (κ1) is 24.0. The Kier molecular flexibility index (Phi) is 6.60. The number of hydrogen-bond donors (Lipinski definition) is 2. The lowest BCUT2D eigenvalue weighted by molar-refractivity contribution is -0.140. The van der Waals surface area contributed by atoms with Gasteiger partial charge >= 0.3 is 0 Å². The Morgan fingerprint density at radius 1 is 1.11 bits per heavy atom. The molecule has 0 aliphatic carbocycles. The maximum atomic E-state index is 13.3. The number of hydrogen-bond acceptors (Lipinski definition) is 6. The second kappa shape index (κ2) is 9.62. The van der Waals surface area contributed by atoms with E-state index in [2.05, 4.69) is 4.98 Å². The highest BCUT2D eigenvalue weighted by molar-refractivity contribution is 6.46. The van der Waals surface area contributed by atoms with Gasteiger partial charge in [0, 0.05) is 24.5 Å². The molecule has 1 amide bonds. The average molecular weight is 473 g/mol. The minimum atomic E-state index is -0.876. The lowest BCUT2D eigenvalue weighted by Gasteiger charge is -2.26. The summed E-state index contributed by atoms with van der Waals surface area (Å²) < 4.78 is 5.51. The van der Waals surface area contributed by atoms with Crippen LogP contribution in [0.1, 0.15) is 53.6 Å². The maximum Gasteiger partial charge on any atom is 0.295 e. The third-order valence-corrected chi connectivity index (χ3v) is 6.28. The number of rotatable bonds is 6. The zero-order valence-electron chi connectivity index (χ0n) is 20.1. The summed E-state index contributed by atoms with van der Waals surface area (Å²) in [7, 11) is 1.59. The Hall–Kier alpha value is -4.13. The number of pyridine rings is 1. The van der Waals surface area contributed by atoms with Crippen LogP contribution in [0.25, 0.3) is 5.76 Å². The third kappa shape index (κ3) is 4.49. The van der Waals surface area contributed by atoms with E-state index in [9.17, 15) is 19.8 Å². The van der Waals surface area contributed by atoms with Crippen LogP contribution in [0.5, 0.6) is 11.5 Å². The van der Waals surface area contributed by atoms with Gasteiger partial charge in [0.05, 0.1) is 18.7 Å². The van der Waals surface area contributed by atoms with Gasteiger partial charge in [-0.1, -0.05) is 26.0 Å². The van der Waals surface area contributed by atoms with Crippen molar-refractivity contribution in [2.45, 2.75) is 39.3 Å². The summed E-state index contributed by atoms with van der Waals surface area (Å²) in [5.41, 5.74) is 3.34. The molecule has 1 saturated heterocycles. The molecular formula is C28H28N2O5. The van der Waals surface area contributed by atoms with Gasteiger partial charge in [-0.25, -0.2) is 0 Å². The summed E-state index contributed by atoms with van der Waals surface area (Å²) in [5, 5.41) is 21.6. The third-order valence-electron chi connectivity index (χ3n) is 6.28. The van der Waals surface area contributed by atoms with Gasteiger partial charge in [0.25, 0.3) is 11.7 Å². The summed E-state index contributed by atoms with van der Waals surface area (Å²) in [6.07, 6.45) is 3.23. The molecule has 0 bridgehead atoms. The smallest absolute Gasteiger partial charge is 0.295 e. The van der Waals surface area contributed by atoms with Gasteiger partial charge < -0.3 is 19.8 Å². The van der Waals surface area contributed by atoms with Gasteiger partial charge in [-0.3, -0.25) is 14.6 Å². The number of ketones is 1. The number of aryl methyl sites for hydroxylation is 1. The van der Waals surface area contributed by atoms with E-state index in [1.165, 1.54) is 17.0 Å². The molecule has 7 heteroatoms. The van der Waals surface area contributed by atoms with Crippen molar-refractivity contribution in [2.24, 2.45) is 0 Å². The lowest BCUT2D eigenvalue weighted by Crippen LogP contribution is -2.29. The number of Topliss-reactive ketones (excluding diaryl/α,β-unsaturated/α-hetero) is 1. The van der Waals surface area contributed by atoms with Gasteiger partial charge in [0.1, 0.15) is 17.3 Å². The van der Waals surface area contributed by atoms with E-state index >= 15 is 0 Å². The molecule has 2 heterocycles. The molecule has 4 rings (SSSR count). The Morgan fingerprint density at radius 2 is 1.83 bits per heavy atom. The van der Waals surface area contributed by atoms with Crippen LogP contribution in [0.2, 0.25) is 0 Å². The topological polar surface area (TPSA) is 100.0 Å². The van der Waals surface area contributed by atoms with Crippen molar-refractivity contribution < 1.29 is 24.5 Å². The van der Waals surface area contributed by atoms with E-state index in [4.69, 9.17) is 4.74 Å². The Bertz CT molecular complexity index is 1310. The summed E-state index contributed by atoms with van der Waals surface area (Å²) in [4.78, 5) is 32.0. The molecule has 1 aliphatic heterocycles. The minimum Gasteiger partial charge on any atom is -0.508 e. The average Bonchev–Trinajstić information content (AvgIpc) is 3.08. The number of aromatic hydroxyl groups is 1. The molecule has 3 aromatic rings. The second-order valence-corrected chi connectivity index (χ2v) is 8.94. The van der Waals surface area contributed by atoms with Gasteiger partial charge in [-0.2, -0.15) is 0 Å². The fourth-order valence-electron chi connectivity index (χ4n) is 4.50. The van der Waals surface area contributed by atoms with Crippen LogP contribution in [0.3, 0.4) is 0 Å². The zero-order chi connectivity index (χ0) is 25.3. The Labute approximate surface area is 204 Å². The molecule has 1 fully saturated rings. The van der Waals surface area contributed by atoms with E-state index in [-0.39, 0.29) is 29.5 Å². The van der Waals surface area contributed by atoms with Crippen molar-refractivity contribution >= 4 is 17.4 Å². The van der Waals surface area contributed by atoms with E-state index in [1.54, 1.807) is 43.8 Å². The number of carbonyl (C=O) groups is 2. The number of carbonyl (C=O) groups excluding carboxylic acids is 2. The molecule has 2 N–H and O–H groups in total. The van der Waals surface area contributed by atoms with E-state index in [1.807, 2.05) is 32.9 Å². The predicted octanol–water partition coefficient (Wildman–Crippen LogP) is 4.85. The molecule has 1 aliphatic rings. The number of aliphatic hydroxyl groups excluding tert-OH is 1. The monoisotopic (exact) mass is 472 g/mol. The summed E-state index contributed by atoms with van der Waals surface area (Å²) in [6, 6.07) is 12.7. The van der Waals surface area contributed by atoms with E-state index < -0.39 is 17.7 Å². The summed E-state index contributed by atoms with van der Waals surface area (Å²) in [5.74, 6) is -0.946. The standard InChI is InChI=1S/C28H28N2O5/c1-16(2)21-14-22(17(3)12-23(21)35-4)26(32)24-25(19-6-5-7-20(31)13-19)30(28(34)27(24)33)15-18-8-10-29-11-9-18/h5-14,16,25,31-32H,15H2,1-4H3/b26-24+. The quantitative estimate of drug-likeness (QED) is 0.302. The molecule has 0 radical (unpaired) electrons. The van der Waals surface area contributed by atoms with Gasteiger partial charge in [-0.15, -0.1) is 0 Å². The number of aliphatic hydroxyl groups is 1. The molecule has 1 aromatic heterocycles. The Morgan fingerprint density at radius 3 is 2.46 bits per heavy atom. The van der Waals surface area contributed by atoms with Gasteiger partial charge in [0.2, 0.25) is 0 Å². The second-order valence-electron chi connectivity index (χ2n) is 8.94. The largest absolute Gasteiger partial charge is 0.508 e. The number of methoxy groups -OCH3 is 1. The van der Waals surface area contributed by atoms with Crippen LogP contribution in [-0.4, -0.2) is 38.9 Å². The van der Waals surface area contributed by atoms with Crippen LogP contribution < -0.4 is 4.74 Å². The molecule has 0 spiro atoms. The molecule has 180 valence electrons. The summed E-state index contributed by atoms with van der Waals surface area (Å²) in [6.45, 7) is 5.98. The SMILES string of the molecule is COc1cc(C)c(/C(O)=C2\C(=O)C(=O)N(Cc3ccncc3)C2c2cccc(O)c2)cc1C(C)C. The van der Waals surface area contributed by atoms with Gasteiger partial charge in [0.15, 0.2) is 0 Å². The number of ether oxygens (including phenoxy) is 1. The van der Waals surface area contributed by atoms with E-state index in [0.717, 1.165) is 11.1 Å². The highest BCUT2D eigenvalue weighted by Crippen LogP contribution is 2.42. The van der Waals surface area contributed by atoms with Crippen LogP contribution >= 0.6 is 0 Å². The highest BCUT2D eigenvalue weighted by Gasteiger charge is 2.46. The van der Waals surface area contributed by atoms with Crippen molar-refractivity contribution in [3.8, 4) is 11.5 Å². The number of nitrogens with zero attached hydrogens (tertiary/aromatic N) is 2. The first-order valence-corrected chi connectivity index (χ1v) is 11.4. The Balaban J connectivity index is 1.93. The normalized spacial score (nSPS) is 17.3. The van der Waals surface area contributed by atoms with Crippen molar-refractivity contribution in [1.29, 1.82) is 0 Å². The number of likely N-dealkylation sites (tertiary alicyclic amines) is 1. The molecule has 0 saturated carbocycles. The van der Waals surface area contributed by atoms with Crippen LogP contribution in [0.4, 0.5) is 0 Å². The molecule has 2 aromatic carbocycles. The van der Waals surface area contributed by atoms with Crippen molar-refractivity contribution in [1.82, 2.24) is 9.88 Å². The number of amides is 1. The van der Waals surface area contributed by atoms with Gasteiger partial charge in [-0.05, 0) is 71.5 Å². The number of benzene rings is 2. The van der Waals surface area contributed by atoms with Crippen LogP contribution in [0.15, 0.2) is 66.5 Å². The number of phenolic OH excluding ortho intramolecular Hbond substituents is 1. The highest BCUT2D eigenvalue weighted by atomic mass is 16.5. The zero-order valence-corrected chi connectivity index (χ0v) is 20.1. The molecular weight excluding hydrogens is 444 g/mol.